The molecule has 0 spiro atoms. The number of hydrogen-bond acceptors (Lipinski definition) is 3. The van der Waals surface area contributed by atoms with Crippen molar-refractivity contribution in [1.82, 2.24) is 14.8 Å². The summed E-state index contributed by atoms with van der Waals surface area (Å²) in [6.45, 7) is 0. The summed E-state index contributed by atoms with van der Waals surface area (Å²) in [5.41, 5.74) is 1.02. The number of aromatic nitrogens is 2. The highest BCUT2D eigenvalue weighted by Crippen LogP contribution is 1.91. The molecule has 1 rings (SSSR count). The summed E-state index contributed by atoms with van der Waals surface area (Å²) in [6.07, 6.45) is 5.45. The van der Waals surface area contributed by atoms with E-state index in [1.165, 1.54) is 0 Å². The Morgan fingerprint density at radius 1 is 1.64 bits per heavy atom. The molecule has 0 unspecified atom stereocenters. The second kappa shape index (κ2) is 3.18. The third kappa shape index (κ3) is 2.41. The largest absolute Gasteiger partial charge is 0.303 e. The summed E-state index contributed by atoms with van der Waals surface area (Å²) < 4.78 is 1.75. The predicted octanol–water partition coefficient (Wildman–Crippen LogP) is 0.316. The molecule has 0 atom stereocenters. The van der Waals surface area contributed by atoms with Crippen LogP contribution in [0.15, 0.2) is 17.5 Å². The number of aryl methyl sites for hydroxylation is 1. The van der Waals surface area contributed by atoms with E-state index in [0.29, 0.717) is 0 Å². The highest BCUT2D eigenvalue weighted by atomic mass is 15.4. The van der Waals surface area contributed by atoms with E-state index in [4.69, 9.17) is 0 Å². The Kier molecular flexibility index (Phi) is 2.25. The smallest absolute Gasteiger partial charge is 0.0578 e. The molecule has 11 heavy (non-hydrogen) atoms. The van der Waals surface area contributed by atoms with Gasteiger partial charge in [-0.15, -0.1) is 0 Å². The van der Waals surface area contributed by atoms with Crippen molar-refractivity contribution in [3.8, 4) is 0 Å². The van der Waals surface area contributed by atoms with Gasteiger partial charge in [-0.25, -0.2) is 0 Å². The van der Waals surface area contributed by atoms with Crippen LogP contribution in [0.25, 0.3) is 0 Å². The molecule has 4 heteroatoms. The summed E-state index contributed by atoms with van der Waals surface area (Å²) >= 11 is 0. The molecule has 1 aromatic heterocycles. The van der Waals surface area contributed by atoms with Crippen molar-refractivity contribution in [1.29, 1.82) is 0 Å². The maximum Gasteiger partial charge on any atom is 0.0578 e. The van der Waals surface area contributed by atoms with Gasteiger partial charge in [-0.1, -0.05) is 0 Å². The summed E-state index contributed by atoms with van der Waals surface area (Å²) in [6, 6.07) is 0. The number of rotatable bonds is 2. The zero-order chi connectivity index (χ0) is 8.27. The van der Waals surface area contributed by atoms with Crippen LogP contribution >= 0.6 is 0 Å². The van der Waals surface area contributed by atoms with E-state index in [1.807, 2.05) is 27.3 Å². The third-order valence-electron chi connectivity index (χ3n) is 1.16. The summed E-state index contributed by atoms with van der Waals surface area (Å²) in [4.78, 5) is 0. The molecular formula is C7H12N4. The van der Waals surface area contributed by atoms with Gasteiger partial charge in [0, 0.05) is 32.9 Å². The van der Waals surface area contributed by atoms with E-state index >= 15 is 0 Å². The lowest BCUT2D eigenvalue weighted by molar-refractivity contribution is 0.440. The number of hydrogen-bond donors (Lipinski definition) is 0. The maximum atomic E-state index is 4.06. The van der Waals surface area contributed by atoms with E-state index in [2.05, 4.69) is 10.2 Å². The van der Waals surface area contributed by atoms with Gasteiger partial charge in [0.05, 0.1) is 12.4 Å². The van der Waals surface area contributed by atoms with Crippen molar-refractivity contribution in [3.63, 3.8) is 0 Å². The molecule has 4 nitrogen and oxygen atoms in total. The molecule has 0 aliphatic heterocycles. The van der Waals surface area contributed by atoms with Crippen molar-refractivity contribution >= 4 is 6.21 Å². The van der Waals surface area contributed by atoms with Crippen LogP contribution in [0, 0.1) is 0 Å². The van der Waals surface area contributed by atoms with Crippen molar-refractivity contribution in [2.24, 2.45) is 12.1 Å². The van der Waals surface area contributed by atoms with Crippen LogP contribution in [0.4, 0.5) is 0 Å². The zero-order valence-corrected chi connectivity index (χ0v) is 7.02. The fraction of sp³-hybridized carbons (Fsp3) is 0.429. The van der Waals surface area contributed by atoms with Crippen LogP contribution in [0.2, 0.25) is 0 Å². The lowest BCUT2D eigenvalue weighted by Gasteiger charge is -2.00. The van der Waals surface area contributed by atoms with Crippen LogP contribution in [-0.2, 0) is 7.05 Å². The van der Waals surface area contributed by atoms with Gasteiger partial charge in [-0.3, -0.25) is 4.68 Å². The van der Waals surface area contributed by atoms with E-state index < -0.39 is 0 Å². The van der Waals surface area contributed by atoms with Gasteiger partial charge in [0.2, 0.25) is 0 Å². The molecule has 0 aliphatic carbocycles. The summed E-state index contributed by atoms with van der Waals surface area (Å²) in [5, 5.41) is 9.81. The molecule has 1 heterocycles. The Balaban J connectivity index is 2.64. The molecule has 1 aromatic rings. The van der Waals surface area contributed by atoms with E-state index in [1.54, 1.807) is 22.1 Å². The highest BCUT2D eigenvalue weighted by Gasteiger charge is 1.89. The second-order valence-electron chi connectivity index (χ2n) is 2.54. The minimum atomic E-state index is 1.02. The Morgan fingerprint density at radius 2 is 2.36 bits per heavy atom. The quantitative estimate of drug-likeness (QED) is 0.451. The second-order valence-corrected chi connectivity index (χ2v) is 2.54. The van der Waals surface area contributed by atoms with Gasteiger partial charge in [0.1, 0.15) is 0 Å². The lowest BCUT2D eigenvalue weighted by atomic mass is 10.4. The molecule has 0 fully saturated rings. The maximum absolute atomic E-state index is 4.06. The first-order valence-corrected chi connectivity index (χ1v) is 3.38. The van der Waals surface area contributed by atoms with Crippen LogP contribution in [0.3, 0.4) is 0 Å². The number of hydrazone groups is 1. The first kappa shape index (κ1) is 7.78. The SMILES string of the molecule is CN(C)N=Cc1cnn(C)c1. The Labute approximate surface area is 66.1 Å². The molecule has 0 saturated heterocycles. The average molecular weight is 152 g/mol. The average Bonchev–Trinajstić information content (AvgIpc) is 2.31. The van der Waals surface area contributed by atoms with Crippen molar-refractivity contribution in [3.05, 3.63) is 18.0 Å². The first-order valence-electron chi connectivity index (χ1n) is 3.38. The van der Waals surface area contributed by atoms with Gasteiger partial charge in [0.15, 0.2) is 0 Å². The van der Waals surface area contributed by atoms with Crippen molar-refractivity contribution in [2.45, 2.75) is 0 Å². The molecule has 0 aliphatic rings. The molecule has 0 N–H and O–H groups in total. The van der Waals surface area contributed by atoms with Gasteiger partial charge in [-0.2, -0.15) is 10.2 Å². The summed E-state index contributed by atoms with van der Waals surface area (Å²) in [5.74, 6) is 0. The molecule has 0 amide bonds. The molecule has 0 aromatic carbocycles. The van der Waals surface area contributed by atoms with Crippen molar-refractivity contribution < 1.29 is 0 Å². The van der Waals surface area contributed by atoms with Crippen LogP contribution in [0.5, 0.6) is 0 Å². The molecular weight excluding hydrogens is 140 g/mol. The fourth-order valence-electron chi connectivity index (χ4n) is 0.689. The summed E-state index contributed by atoms with van der Waals surface area (Å²) in [7, 11) is 5.65. The molecule has 0 radical (unpaired) electrons. The van der Waals surface area contributed by atoms with Gasteiger partial charge in [0.25, 0.3) is 0 Å². The standard InChI is InChI=1S/C7H12N4/c1-10(2)8-4-7-5-9-11(3)6-7/h4-6H,1-3H3. The van der Waals surface area contributed by atoms with Crippen LogP contribution in [-0.4, -0.2) is 35.1 Å². The molecule has 0 bridgehead atoms. The van der Waals surface area contributed by atoms with Gasteiger partial charge in [-0.05, 0) is 0 Å². The van der Waals surface area contributed by atoms with Gasteiger partial charge >= 0.3 is 0 Å². The van der Waals surface area contributed by atoms with Crippen molar-refractivity contribution in [2.75, 3.05) is 14.1 Å². The zero-order valence-electron chi connectivity index (χ0n) is 7.02. The minimum Gasteiger partial charge on any atom is -0.303 e. The van der Waals surface area contributed by atoms with Crippen LogP contribution < -0.4 is 0 Å². The topological polar surface area (TPSA) is 33.4 Å². The fourth-order valence-corrected chi connectivity index (χ4v) is 0.689. The monoisotopic (exact) mass is 152 g/mol. The third-order valence-corrected chi connectivity index (χ3v) is 1.16. The highest BCUT2D eigenvalue weighted by molar-refractivity contribution is 5.78. The Bertz CT molecular complexity index is 249. The number of nitrogens with zero attached hydrogens (tertiary/aromatic N) is 4. The Hall–Kier alpha value is -1.32. The first-order chi connectivity index (χ1) is 5.18. The van der Waals surface area contributed by atoms with E-state index in [9.17, 15) is 0 Å². The lowest BCUT2D eigenvalue weighted by Crippen LogP contribution is -2.01. The Morgan fingerprint density at radius 3 is 2.82 bits per heavy atom. The van der Waals surface area contributed by atoms with E-state index in [-0.39, 0.29) is 0 Å². The van der Waals surface area contributed by atoms with Gasteiger partial charge < -0.3 is 5.01 Å². The van der Waals surface area contributed by atoms with E-state index in [0.717, 1.165) is 5.56 Å². The minimum absolute atomic E-state index is 1.02. The predicted molar refractivity (Wildman–Crippen MR) is 44.5 cm³/mol. The van der Waals surface area contributed by atoms with Crippen LogP contribution in [0.1, 0.15) is 5.56 Å². The normalized spacial score (nSPS) is 10.8. The molecule has 60 valence electrons. The molecule has 0 saturated carbocycles.